The third kappa shape index (κ3) is 10.8. The standard InChI is InChI=1S/C20H35N3O4/c1-5-21-20(22-11-6-12-26-14-13-25-4)23-15-19(24)17-7-9-18(10-8-17)27-16(2)3/h7-10,16,19,24H,5-6,11-15H2,1-4H3,(H2,21,22,23). The van der Waals surface area contributed by atoms with Gasteiger partial charge < -0.3 is 30.0 Å². The zero-order valence-corrected chi connectivity index (χ0v) is 17.0. The molecular formula is C20H35N3O4. The summed E-state index contributed by atoms with van der Waals surface area (Å²) in [6.45, 7) is 9.65. The number of guanidine groups is 1. The van der Waals surface area contributed by atoms with Crippen molar-refractivity contribution in [3.63, 3.8) is 0 Å². The minimum atomic E-state index is -0.661. The minimum absolute atomic E-state index is 0.129. The topological polar surface area (TPSA) is 84.3 Å². The zero-order chi connectivity index (χ0) is 19.9. The van der Waals surface area contributed by atoms with E-state index in [9.17, 15) is 5.11 Å². The average molecular weight is 382 g/mol. The first kappa shape index (κ1) is 23.2. The average Bonchev–Trinajstić information content (AvgIpc) is 2.65. The quantitative estimate of drug-likeness (QED) is 0.276. The monoisotopic (exact) mass is 381 g/mol. The van der Waals surface area contributed by atoms with Gasteiger partial charge in [-0.25, -0.2) is 0 Å². The molecule has 0 radical (unpaired) electrons. The molecule has 0 aliphatic heterocycles. The Morgan fingerprint density at radius 3 is 2.48 bits per heavy atom. The molecule has 3 N–H and O–H groups in total. The maximum atomic E-state index is 10.4. The van der Waals surface area contributed by atoms with E-state index in [0.29, 0.717) is 25.8 Å². The molecule has 0 fully saturated rings. The Labute approximate surface area is 163 Å². The van der Waals surface area contributed by atoms with Crippen LogP contribution in [0.4, 0.5) is 0 Å². The van der Waals surface area contributed by atoms with Gasteiger partial charge in [0.2, 0.25) is 0 Å². The minimum Gasteiger partial charge on any atom is -0.491 e. The molecule has 0 amide bonds. The van der Waals surface area contributed by atoms with E-state index in [1.807, 2.05) is 45.0 Å². The Bertz CT molecular complexity index is 520. The Kier molecular flexibility index (Phi) is 12.3. The zero-order valence-electron chi connectivity index (χ0n) is 17.0. The van der Waals surface area contributed by atoms with Crippen molar-refractivity contribution in [2.45, 2.75) is 39.4 Å². The molecule has 0 saturated heterocycles. The van der Waals surface area contributed by atoms with Crippen molar-refractivity contribution in [2.75, 3.05) is 46.6 Å². The normalized spacial score (nSPS) is 12.9. The number of aliphatic imine (C=N–C) groups is 1. The number of ether oxygens (including phenoxy) is 3. The van der Waals surface area contributed by atoms with E-state index >= 15 is 0 Å². The molecule has 0 aromatic heterocycles. The number of rotatable bonds is 13. The number of aliphatic hydroxyl groups excluding tert-OH is 1. The van der Waals surface area contributed by atoms with Gasteiger partial charge in [0.15, 0.2) is 5.96 Å². The molecule has 1 atom stereocenters. The number of nitrogens with zero attached hydrogens (tertiary/aromatic N) is 1. The van der Waals surface area contributed by atoms with Gasteiger partial charge in [-0.15, -0.1) is 0 Å². The van der Waals surface area contributed by atoms with Gasteiger partial charge in [-0.2, -0.15) is 0 Å². The maximum Gasteiger partial charge on any atom is 0.191 e. The highest BCUT2D eigenvalue weighted by atomic mass is 16.5. The van der Waals surface area contributed by atoms with Gasteiger partial charge >= 0.3 is 0 Å². The van der Waals surface area contributed by atoms with Gasteiger partial charge in [-0.1, -0.05) is 12.1 Å². The first-order chi connectivity index (χ1) is 13.1. The summed E-state index contributed by atoms with van der Waals surface area (Å²) in [5.41, 5.74) is 0.817. The molecule has 7 nitrogen and oxygen atoms in total. The van der Waals surface area contributed by atoms with Crippen molar-refractivity contribution in [3.8, 4) is 5.75 Å². The van der Waals surface area contributed by atoms with Crippen molar-refractivity contribution in [1.82, 2.24) is 10.6 Å². The Balaban J connectivity index is 2.41. The van der Waals surface area contributed by atoms with Crippen LogP contribution in [0.15, 0.2) is 29.3 Å². The lowest BCUT2D eigenvalue weighted by molar-refractivity contribution is 0.0698. The summed E-state index contributed by atoms with van der Waals surface area (Å²) in [5.74, 6) is 1.49. The molecule has 1 unspecified atom stereocenters. The van der Waals surface area contributed by atoms with E-state index in [1.165, 1.54) is 0 Å². The van der Waals surface area contributed by atoms with E-state index in [1.54, 1.807) is 7.11 Å². The SMILES string of the molecule is CCNC(=NCC(O)c1ccc(OC(C)C)cc1)NCCCOCCOC. The summed E-state index contributed by atoms with van der Waals surface area (Å²) < 4.78 is 16.0. The second-order valence-corrected chi connectivity index (χ2v) is 6.36. The lowest BCUT2D eigenvalue weighted by atomic mass is 10.1. The van der Waals surface area contributed by atoms with Crippen LogP contribution in [0.2, 0.25) is 0 Å². The predicted octanol–water partition coefficient (Wildman–Crippen LogP) is 2.12. The fourth-order valence-corrected chi connectivity index (χ4v) is 2.29. The fraction of sp³-hybridized carbons (Fsp3) is 0.650. The predicted molar refractivity (Wildman–Crippen MR) is 108 cm³/mol. The van der Waals surface area contributed by atoms with Crippen LogP contribution >= 0.6 is 0 Å². The number of nitrogens with one attached hydrogen (secondary N) is 2. The summed E-state index contributed by atoms with van der Waals surface area (Å²) in [7, 11) is 1.66. The van der Waals surface area contributed by atoms with E-state index in [-0.39, 0.29) is 12.6 Å². The Morgan fingerprint density at radius 1 is 1.11 bits per heavy atom. The second kappa shape index (κ2) is 14.3. The van der Waals surface area contributed by atoms with Crippen LogP contribution in [-0.2, 0) is 9.47 Å². The molecule has 0 aliphatic rings. The van der Waals surface area contributed by atoms with Crippen LogP contribution in [0.25, 0.3) is 0 Å². The first-order valence-electron chi connectivity index (χ1n) is 9.60. The van der Waals surface area contributed by atoms with Crippen LogP contribution in [0, 0.1) is 0 Å². The lowest BCUT2D eigenvalue weighted by Crippen LogP contribution is -2.38. The van der Waals surface area contributed by atoms with Crippen LogP contribution in [0.5, 0.6) is 5.75 Å². The number of hydrogen-bond donors (Lipinski definition) is 3. The van der Waals surface area contributed by atoms with E-state index < -0.39 is 6.10 Å². The third-order valence-electron chi connectivity index (χ3n) is 3.59. The van der Waals surface area contributed by atoms with Crippen molar-refractivity contribution in [3.05, 3.63) is 29.8 Å². The van der Waals surface area contributed by atoms with E-state index in [0.717, 1.165) is 30.8 Å². The molecule has 0 aliphatic carbocycles. The highest BCUT2D eigenvalue weighted by Gasteiger charge is 2.08. The fourth-order valence-electron chi connectivity index (χ4n) is 2.29. The second-order valence-electron chi connectivity index (χ2n) is 6.36. The summed E-state index contributed by atoms with van der Waals surface area (Å²) in [6, 6.07) is 7.48. The van der Waals surface area contributed by atoms with Crippen molar-refractivity contribution in [1.29, 1.82) is 0 Å². The van der Waals surface area contributed by atoms with Crippen molar-refractivity contribution < 1.29 is 19.3 Å². The summed E-state index contributed by atoms with van der Waals surface area (Å²) >= 11 is 0. The number of benzene rings is 1. The van der Waals surface area contributed by atoms with Crippen LogP contribution < -0.4 is 15.4 Å². The van der Waals surface area contributed by atoms with Gasteiger partial charge in [0.1, 0.15) is 5.75 Å². The van der Waals surface area contributed by atoms with E-state index in [4.69, 9.17) is 14.2 Å². The van der Waals surface area contributed by atoms with Crippen LogP contribution in [0.3, 0.4) is 0 Å². The van der Waals surface area contributed by atoms with Gasteiger partial charge in [0, 0.05) is 26.8 Å². The van der Waals surface area contributed by atoms with E-state index in [2.05, 4.69) is 15.6 Å². The van der Waals surface area contributed by atoms with Gasteiger partial charge in [-0.05, 0) is 44.9 Å². The highest BCUT2D eigenvalue weighted by molar-refractivity contribution is 5.79. The van der Waals surface area contributed by atoms with Crippen molar-refractivity contribution in [2.24, 2.45) is 4.99 Å². The molecular weight excluding hydrogens is 346 g/mol. The molecule has 0 saturated carbocycles. The first-order valence-corrected chi connectivity index (χ1v) is 9.60. The number of methoxy groups -OCH3 is 1. The van der Waals surface area contributed by atoms with Gasteiger partial charge in [0.25, 0.3) is 0 Å². The molecule has 0 bridgehead atoms. The van der Waals surface area contributed by atoms with Gasteiger partial charge in [0.05, 0.1) is 32.0 Å². The Hall–Kier alpha value is -1.83. The summed E-state index contributed by atoms with van der Waals surface area (Å²) in [4.78, 5) is 4.46. The maximum absolute atomic E-state index is 10.4. The molecule has 0 heterocycles. The highest BCUT2D eigenvalue weighted by Crippen LogP contribution is 2.19. The smallest absolute Gasteiger partial charge is 0.191 e. The molecule has 7 heteroatoms. The molecule has 1 aromatic rings. The molecule has 1 rings (SSSR count). The lowest BCUT2D eigenvalue weighted by Gasteiger charge is -2.14. The third-order valence-corrected chi connectivity index (χ3v) is 3.59. The van der Waals surface area contributed by atoms with Crippen LogP contribution in [0.1, 0.15) is 38.9 Å². The molecule has 0 spiro atoms. The molecule has 1 aromatic carbocycles. The molecule has 27 heavy (non-hydrogen) atoms. The van der Waals surface area contributed by atoms with Crippen molar-refractivity contribution >= 4 is 5.96 Å². The molecule has 154 valence electrons. The largest absolute Gasteiger partial charge is 0.491 e. The summed E-state index contributed by atoms with van der Waals surface area (Å²) in [6.07, 6.45) is 0.337. The summed E-state index contributed by atoms with van der Waals surface area (Å²) in [5, 5.41) is 16.8. The Morgan fingerprint density at radius 2 is 1.85 bits per heavy atom. The number of aliphatic hydroxyl groups is 1. The number of hydrogen-bond acceptors (Lipinski definition) is 5. The van der Waals surface area contributed by atoms with Crippen LogP contribution in [-0.4, -0.2) is 63.7 Å². The van der Waals surface area contributed by atoms with Gasteiger partial charge in [-0.3, -0.25) is 4.99 Å².